The van der Waals surface area contributed by atoms with Gasteiger partial charge in [-0.2, -0.15) is 0 Å². The van der Waals surface area contributed by atoms with Gasteiger partial charge in [0.25, 0.3) is 5.56 Å². The maximum absolute atomic E-state index is 12.6. The van der Waals surface area contributed by atoms with E-state index in [2.05, 4.69) is 9.88 Å². The Hall–Kier alpha value is -2.99. The van der Waals surface area contributed by atoms with Crippen molar-refractivity contribution in [3.8, 4) is 0 Å². The Morgan fingerprint density at radius 3 is 2.57 bits per heavy atom. The van der Waals surface area contributed by atoms with E-state index in [4.69, 9.17) is 0 Å². The van der Waals surface area contributed by atoms with Gasteiger partial charge in [-0.3, -0.25) is 18.9 Å². The summed E-state index contributed by atoms with van der Waals surface area (Å²) in [7, 11) is 0. The molecule has 144 valence electrons. The van der Waals surface area contributed by atoms with Gasteiger partial charge in [-0.25, -0.2) is 4.98 Å². The third-order valence-electron chi connectivity index (χ3n) is 5.34. The molecule has 0 radical (unpaired) electrons. The summed E-state index contributed by atoms with van der Waals surface area (Å²) in [5, 5.41) is 0. The van der Waals surface area contributed by atoms with Gasteiger partial charge in [0.15, 0.2) is 0 Å². The molecule has 1 fully saturated rings. The largest absolute Gasteiger partial charge is 0.340 e. The van der Waals surface area contributed by atoms with E-state index < -0.39 is 0 Å². The Bertz CT molecular complexity index is 1050. The van der Waals surface area contributed by atoms with Gasteiger partial charge < -0.3 is 4.90 Å². The maximum Gasteiger partial charge on any atom is 0.258 e. The van der Waals surface area contributed by atoms with Crippen LogP contribution in [0.25, 0.3) is 5.65 Å². The van der Waals surface area contributed by atoms with Crippen molar-refractivity contribution in [2.45, 2.75) is 19.9 Å². The zero-order valence-electron chi connectivity index (χ0n) is 16.0. The topological polar surface area (TPSA) is 57.9 Å². The average molecular weight is 376 g/mol. The molecule has 3 heterocycles. The van der Waals surface area contributed by atoms with Crippen LogP contribution in [0.4, 0.5) is 0 Å². The van der Waals surface area contributed by atoms with E-state index in [1.807, 2.05) is 54.3 Å². The molecule has 2 aromatic heterocycles. The fourth-order valence-corrected chi connectivity index (χ4v) is 3.65. The van der Waals surface area contributed by atoms with E-state index in [9.17, 15) is 9.59 Å². The zero-order valence-corrected chi connectivity index (χ0v) is 16.0. The molecule has 0 N–H and O–H groups in total. The molecule has 1 amide bonds. The van der Waals surface area contributed by atoms with Crippen LogP contribution in [0, 0.1) is 6.92 Å². The van der Waals surface area contributed by atoms with Gasteiger partial charge in [-0.15, -0.1) is 0 Å². The van der Waals surface area contributed by atoms with Crippen LogP contribution in [0.1, 0.15) is 16.8 Å². The zero-order chi connectivity index (χ0) is 19.5. The van der Waals surface area contributed by atoms with Gasteiger partial charge in [0.2, 0.25) is 5.91 Å². The quantitative estimate of drug-likeness (QED) is 0.698. The van der Waals surface area contributed by atoms with Crippen molar-refractivity contribution in [3.63, 3.8) is 0 Å². The summed E-state index contributed by atoms with van der Waals surface area (Å²) >= 11 is 0. The number of benzene rings is 1. The lowest BCUT2D eigenvalue weighted by Crippen LogP contribution is -2.48. The fourth-order valence-electron chi connectivity index (χ4n) is 3.65. The van der Waals surface area contributed by atoms with Crippen molar-refractivity contribution in [1.82, 2.24) is 19.2 Å². The van der Waals surface area contributed by atoms with Crippen LogP contribution in [-0.4, -0.2) is 51.3 Å². The normalized spacial score (nSPS) is 15.1. The number of hydrogen-bond donors (Lipinski definition) is 0. The highest BCUT2D eigenvalue weighted by Gasteiger charge is 2.22. The predicted molar refractivity (Wildman–Crippen MR) is 108 cm³/mol. The molecule has 28 heavy (non-hydrogen) atoms. The van der Waals surface area contributed by atoms with Crippen molar-refractivity contribution in [1.29, 1.82) is 0 Å². The SMILES string of the molecule is Cc1ccccc1CC(=O)N1CCN(Cc2cc(=O)n3ccccc3n2)CC1. The summed E-state index contributed by atoms with van der Waals surface area (Å²) in [5.41, 5.74) is 3.62. The number of carbonyl (C=O) groups is 1. The lowest BCUT2D eigenvalue weighted by Gasteiger charge is -2.34. The summed E-state index contributed by atoms with van der Waals surface area (Å²) in [6.45, 7) is 5.65. The third kappa shape index (κ3) is 3.97. The van der Waals surface area contributed by atoms with Crippen LogP contribution < -0.4 is 5.56 Å². The van der Waals surface area contributed by atoms with Crippen molar-refractivity contribution in [2.75, 3.05) is 26.2 Å². The minimum Gasteiger partial charge on any atom is -0.340 e. The highest BCUT2D eigenvalue weighted by molar-refractivity contribution is 5.79. The number of fused-ring (bicyclic) bond motifs is 1. The fraction of sp³-hybridized carbons (Fsp3) is 0.318. The second kappa shape index (κ2) is 7.94. The van der Waals surface area contributed by atoms with Crippen LogP contribution in [0.5, 0.6) is 0 Å². The second-order valence-electron chi connectivity index (χ2n) is 7.27. The van der Waals surface area contributed by atoms with Gasteiger partial charge in [0.1, 0.15) is 5.65 Å². The first-order chi connectivity index (χ1) is 13.6. The summed E-state index contributed by atoms with van der Waals surface area (Å²) < 4.78 is 1.55. The summed E-state index contributed by atoms with van der Waals surface area (Å²) in [6.07, 6.45) is 2.18. The number of hydrogen-bond acceptors (Lipinski definition) is 4. The molecule has 0 aliphatic carbocycles. The highest BCUT2D eigenvalue weighted by atomic mass is 16.2. The minimum absolute atomic E-state index is 0.0624. The monoisotopic (exact) mass is 376 g/mol. The molecule has 0 spiro atoms. The number of nitrogens with zero attached hydrogens (tertiary/aromatic N) is 4. The summed E-state index contributed by atoms with van der Waals surface area (Å²) in [4.78, 5) is 33.6. The molecule has 0 unspecified atom stereocenters. The Morgan fingerprint density at radius 1 is 1.04 bits per heavy atom. The number of amides is 1. The first kappa shape index (κ1) is 18.4. The Labute approximate surface area is 164 Å². The van der Waals surface area contributed by atoms with E-state index in [-0.39, 0.29) is 11.5 Å². The molecule has 1 saturated heterocycles. The third-order valence-corrected chi connectivity index (χ3v) is 5.34. The molecule has 4 rings (SSSR count). The van der Waals surface area contributed by atoms with Crippen molar-refractivity contribution in [3.05, 3.63) is 81.9 Å². The van der Waals surface area contributed by atoms with Crippen LogP contribution in [0.15, 0.2) is 59.5 Å². The number of pyridine rings is 1. The summed E-state index contributed by atoms with van der Waals surface area (Å²) in [5.74, 6) is 0.177. The lowest BCUT2D eigenvalue weighted by atomic mass is 10.1. The average Bonchev–Trinajstić information content (AvgIpc) is 2.70. The van der Waals surface area contributed by atoms with Gasteiger partial charge >= 0.3 is 0 Å². The molecule has 6 heteroatoms. The lowest BCUT2D eigenvalue weighted by molar-refractivity contribution is -0.132. The number of rotatable bonds is 4. The standard InChI is InChI=1S/C22H24N4O2/c1-17-6-2-3-7-18(17)14-21(27)25-12-10-24(11-13-25)16-19-15-22(28)26-9-5-4-8-20(26)23-19/h2-9,15H,10-14,16H2,1H3. The van der Waals surface area contributed by atoms with Crippen LogP contribution in [-0.2, 0) is 17.8 Å². The van der Waals surface area contributed by atoms with Crippen molar-refractivity contribution >= 4 is 11.6 Å². The van der Waals surface area contributed by atoms with E-state index in [1.165, 1.54) is 0 Å². The van der Waals surface area contributed by atoms with Gasteiger partial charge in [0.05, 0.1) is 12.1 Å². The van der Waals surface area contributed by atoms with Crippen LogP contribution >= 0.6 is 0 Å². The molecule has 1 aliphatic heterocycles. The van der Waals surface area contributed by atoms with Crippen molar-refractivity contribution in [2.24, 2.45) is 0 Å². The molecular weight excluding hydrogens is 352 g/mol. The van der Waals surface area contributed by atoms with E-state index in [1.54, 1.807) is 16.7 Å². The van der Waals surface area contributed by atoms with Gasteiger partial charge in [0, 0.05) is 45.0 Å². The molecule has 1 aliphatic rings. The van der Waals surface area contributed by atoms with Crippen LogP contribution in [0.2, 0.25) is 0 Å². The number of carbonyl (C=O) groups excluding carboxylic acids is 1. The molecule has 1 aromatic carbocycles. The van der Waals surface area contributed by atoms with E-state index in [0.29, 0.717) is 31.7 Å². The first-order valence-corrected chi connectivity index (χ1v) is 9.62. The first-order valence-electron chi connectivity index (χ1n) is 9.62. The van der Waals surface area contributed by atoms with Crippen molar-refractivity contribution < 1.29 is 4.79 Å². The van der Waals surface area contributed by atoms with Gasteiger partial charge in [-0.1, -0.05) is 30.3 Å². The Morgan fingerprint density at radius 2 is 1.79 bits per heavy atom. The van der Waals surface area contributed by atoms with Gasteiger partial charge in [-0.05, 0) is 30.2 Å². The Balaban J connectivity index is 1.36. The highest BCUT2D eigenvalue weighted by Crippen LogP contribution is 2.12. The number of piperazine rings is 1. The summed E-state index contributed by atoms with van der Waals surface area (Å²) in [6, 6.07) is 15.2. The Kier molecular flexibility index (Phi) is 5.21. The second-order valence-corrected chi connectivity index (χ2v) is 7.27. The predicted octanol–water partition coefficient (Wildman–Crippen LogP) is 1.89. The molecule has 3 aromatic rings. The van der Waals surface area contributed by atoms with E-state index >= 15 is 0 Å². The number of aromatic nitrogens is 2. The molecule has 0 atom stereocenters. The molecule has 6 nitrogen and oxygen atoms in total. The smallest absolute Gasteiger partial charge is 0.258 e. The number of aryl methyl sites for hydroxylation is 1. The van der Waals surface area contributed by atoms with Crippen LogP contribution in [0.3, 0.4) is 0 Å². The molecular formula is C22H24N4O2. The van der Waals surface area contributed by atoms with E-state index in [0.717, 1.165) is 29.9 Å². The minimum atomic E-state index is -0.0624. The molecule has 0 bridgehead atoms. The maximum atomic E-state index is 12.6. The molecule has 0 saturated carbocycles.